The molecule has 2 aromatic heterocycles. The molecule has 0 aliphatic rings. The van der Waals surface area contributed by atoms with Crippen LogP contribution in [-0.4, -0.2) is 40.9 Å². The predicted octanol–water partition coefficient (Wildman–Crippen LogP) is 3.19. The zero-order valence-electron chi connectivity index (χ0n) is 15.7. The zero-order chi connectivity index (χ0) is 19.3. The molecule has 144 valence electrons. The molecule has 0 spiro atoms. The highest BCUT2D eigenvalue weighted by Crippen LogP contribution is 2.18. The summed E-state index contributed by atoms with van der Waals surface area (Å²) in [7, 11) is 1.64. The molecule has 0 aliphatic carbocycles. The van der Waals surface area contributed by atoms with E-state index in [1.54, 1.807) is 25.3 Å². The number of amides is 1. The van der Waals surface area contributed by atoms with Gasteiger partial charge in [-0.05, 0) is 30.7 Å². The fraction of sp³-hybridized carbons (Fsp3) is 0.286. The van der Waals surface area contributed by atoms with E-state index in [0.717, 1.165) is 29.4 Å². The van der Waals surface area contributed by atoms with Gasteiger partial charge in [0.15, 0.2) is 11.5 Å². The number of carbonyl (C=O) groups excluding carboxylic acids is 1. The van der Waals surface area contributed by atoms with E-state index in [-0.39, 0.29) is 5.91 Å². The summed E-state index contributed by atoms with van der Waals surface area (Å²) >= 11 is 0. The van der Waals surface area contributed by atoms with Crippen molar-refractivity contribution < 1.29 is 13.9 Å². The Morgan fingerprint density at radius 1 is 1.25 bits per heavy atom. The van der Waals surface area contributed by atoms with E-state index in [4.69, 9.17) is 9.15 Å². The lowest BCUT2D eigenvalue weighted by Crippen LogP contribution is -2.25. The number of carbonyl (C=O) groups is 1. The van der Waals surface area contributed by atoms with Gasteiger partial charge in [0.25, 0.3) is 5.91 Å². The van der Waals surface area contributed by atoms with Gasteiger partial charge in [-0.25, -0.2) is 4.98 Å². The second kappa shape index (κ2) is 8.22. The Balaban J connectivity index is 1.33. The third kappa shape index (κ3) is 3.89. The number of rotatable bonds is 8. The standard InChI is InChI=1S/C21H22N4O3/c1-27-12-9-20-24-17-8-7-15(13-19(17)28-20)21(26)22-10-4-11-25-18-6-3-2-5-16(18)14-23-25/h2-3,5-8,13-14H,4,9-12H2,1H3,(H,22,26). The Morgan fingerprint density at radius 2 is 2.14 bits per heavy atom. The Labute approximate surface area is 162 Å². The van der Waals surface area contributed by atoms with Gasteiger partial charge in [0, 0.05) is 37.6 Å². The fourth-order valence-electron chi connectivity index (χ4n) is 3.15. The molecule has 1 N–H and O–H groups in total. The second-order valence-corrected chi connectivity index (χ2v) is 6.57. The lowest BCUT2D eigenvalue weighted by Gasteiger charge is -2.06. The van der Waals surface area contributed by atoms with Crippen LogP contribution in [0.2, 0.25) is 0 Å². The third-order valence-corrected chi connectivity index (χ3v) is 4.60. The molecule has 0 radical (unpaired) electrons. The van der Waals surface area contributed by atoms with Crippen LogP contribution in [0.25, 0.3) is 22.0 Å². The van der Waals surface area contributed by atoms with Crippen molar-refractivity contribution in [2.45, 2.75) is 19.4 Å². The van der Waals surface area contributed by atoms with E-state index in [1.165, 1.54) is 0 Å². The van der Waals surface area contributed by atoms with Gasteiger partial charge in [0.2, 0.25) is 0 Å². The van der Waals surface area contributed by atoms with Crippen LogP contribution in [0, 0.1) is 0 Å². The van der Waals surface area contributed by atoms with E-state index in [0.29, 0.717) is 36.6 Å². The number of hydrogen-bond donors (Lipinski definition) is 1. The van der Waals surface area contributed by atoms with Crippen molar-refractivity contribution in [3.8, 4) is 0 Å². The van der Waals surface area contributed by atoms with Crippen molar-refractivity contribution >= 4 is 27.9 Å². The van der Waals surface area contributed by atoms with Crippen molar-refractivity contribution in [3.63, 3.8) is 0 Å². The quantitative estimate of drug-likeness (QED) is 0.476. The number of para-hydroxylation sites is 1. The average molecular weight is 378 g/mol. The van der Waals surface area contributed by atoms with Crippen LogP contribution in [0.15, 0.2) is 53.1 Å². The van der Waals surface area contributed by atoms with Gasteiger partial charge in [-0.2, -0.15) is 5.10 Å². The van der Waals surface area contributed by atoms with E-state index in [9.17, 15) is 4.79 Å². The van der Waals surface area contributed by atoms with Gasteiger partial charge in [0.05, 0.1) is 18.3 Å². The molecule has 4 aromatic rings. The smallest absolute Gasteiger partial charge is 0.251 e. The first-order chi connectivity index (χ1) is 13.7. The van der Waals surface area contributed by atoms with Crippen LogP contribution in [0.3, 0.4) is 0 Å². The maximum Gasteiger partial charge on any atom is 0.251 e. The highest BCUT2D eigenvalue weighted by molar-refractivity contribution is 5.97. The molecule has 0 saturated heterocycles. The van der Waals surface area contributed by atoms with Gasteiger partial charge in [-0.1, -0.05) is 18.2 Å². The molecule has 28 heavy (non-hydrogen) atoms. The monoisotopic (exact) mass is 378 g/mol. The van der Waals surface area contributed by atoms with E-state index >= 15 is 0 Å². The van der Waals surface area contributed by atoms with Gasteiger partial charge >= 0.3 is 0 Å². The molecule has 0 aliphatic heterocycles. The summed E-state index contributed by atoms with van der Waals surface area (Å²) < 4.78 is 12.7. The van der Waals surface area contributed by atoms with Gasteiger partial charge < -0.3 is 14.5 Å². The molecule has 0 saturated carbocycles. The van der Waals surface area contributed by atoms with E-state index < -0.39 is 0 Å². The number of benzene rings is 2. The SMILES string of the molecule is COCCc1nc2ccc(C(=O)NCCCn3ncc4ccccc43)cc2o1. The molecular formula is C21H22N4O3. The van der Waals surface area contributed by atoms with Crippen LogP contribution in [0.4, 0.5) is 0 Å². The minimum Gasteiger partial charge on any atom is -0.441 e. The molecule has 7 nitrogen and oxygen atoms in total. The second-order valence-electron chi connectivity index (χ2n) is 6.57. The highest BCUT2D eigenvalue weighted by Gasteiger charge is 2.11. The Bertz CT molecular complexity index is 1100. The molecule has 0 unspecified atom stereocenters. The van der Waals surface area contributed by atoms with E-state index in [1.807, 2.05) is 29.1 Å². The number of methoxy groups -OCH3 is 1. The molecule has 2 heterocycles. The van der Waals surface area contributed by atoms with Crippen molar-refractivity contribution in [1.82, 2.24) is 20.1 Å². The Kier molecular flexibility index (Phi) is 5.34. The molecule has 4 rings (SSSR count). The zero-order valence-corrected chi connectivity index (χ0v) is 15.7. The molecule has 1 amide bonds. The first-order valence-corrected chi connectivity index (χ1v) is 9.32. The van der Waals surface area contributed by atoms with Crippen LogP contribution in [-0.2, 0) is 17.7 Å². The summed E-state index contributed by atoms with van der Waals surface area (Å²) in [6.45, 7) is 1.87. The third-order valence-electron chi connectivity index (χ3n) is 4.60. The van der Waals surface area contributed by atoms with Gasteiger partial charge in [-0.15, -0.1) is 0 Å². The van der Waals surface area contributed by atoms with Crippen molar-refractivity contribution in [2.75, 3.05) is 20.3 Å². The predicted molar refractivity (Wildman–Crippen MR) is 106 cm³/mol. The average Bonchev–Trinajstić information content (AvgIpc) is 3.32. The number of aryl methyl sites for hydroxylation is 1. The maximum atomic E-state index is 12.4. The van der Waals surface area contributed by atoms with Gasteiger partial charge in [-0.3, -0.25) is 9.48 Å². The lowest BCUT2D eigenvalue weighted by atomic mass is 10.2. The number of hydrogen-bond acceptors (Lipinski definition) is 5. The van der Waals surface area contributed by atoms with Crippen molar-refractivity contribution in [1.29, 1.82) is 0 Å². The molecular weight excluding hydrogens is 356 g/mol. The maximum absolute atomic E-state index is 12.4. The first kappa shape index (κ1) is 18.2. The number of nitrogens with zero attached hydrogens (tertiary/aromatic N) is 3. The molecule has 0 atom stereocenters. The summed E-state index contributed by atoms with van der Waals surface area (Å²) in [5, 5.41) is 8.48. The van der Waals surface area contributed by atoms with E-state index in [2.05, 4.69) is 21.5 Å². The number of nitrogens with one attached hydrogen (secondary N) is 1. The summed E-state index contributed by atoms with van der Waals surface area (Å²) in [4.78, 5) is 16.8. The van der Waals surface area contributed by atoms with Crippen LogP contribution in [0.1, 0.15) is 22.7 Å². The highest BCUT2D eigenvalue weighted by atomic mass is 16.5. The molecule has 0 fully saturated rings. The van der Waals surface area contributed by atoms with Crippen LogP contribution >= 0.6 is 0 Å². The van der Waals surface area contributed by atoms with Crippen molar-refractivity contribution in [2.24, 2.45) is 0 Å². The molecule has 7 heteroatoms. The largest absolute Gasteiger partial charge is 0.441 e. The first-order valence-electron chi connectivity index (χ1n) is 9.32. The Morgan fingerprint density at radius 3 is 3.04 bits per heavy atom. The summed E-state index contributed by atoms with van der Waals surface area (Å²) in [6, 6.07) is 13.4. The summed E-state index contributed by atoms with van der Waals surface area (Å²) in [6.07, 6.45) is 3.26. The summed E-state index contributed by atoms with van der Waals surface area (Å²) in [5.41, 5.74) is 3.02. The molecule has 2 aromatic carbocycles. The summed E-state index contributed by atoms with van der Waals surface area (Å²) in [5.74, 6) is 0.489. The minimum absolute atomic E-state index is 0.123. The lowest BCUT2D eigenvalue weighted by molar-refractivity contribution is 0.0952. The van der Waals surface area contributed by atoms with Gasteiger partial charge in [0.1, 0.15) is 5.52 Å². The topological polar surface area (TPSA) is 82.2 Å². The minimum atomic E-state index is -0.123. The number of aromatic nitrogens is 3. The fourth-order valence-corrected chi connectivity index (χ4v) is 3.15. The Hall–Kier alpha value is -3.19. The number of fused-ring (bicyclic) bond motifs is 2. The van der Waals surface area contributed by atoms with Crippen LogP contribution < -0.4 is 5.32 Å². The van der Waals surface area contributed by atoms with Crippen LogP contribution in [0.5, 0.6) is 0 Å². The molecule has 0 bridgehead atoms. The number of oxazole rings is 1. The number of ether oxygens (including phenoxy) is 1. The normalized spacial score (nSPS) is 11.3. The van der Waals surface area contributed by atoms with Crippen molar-refractivity contribution in [3.05, 3.63) is 60.1 Å².